The predicted molar refractivity (Wildman–Crippen MR) is 45.1 cm³/mol. The molecule has 0 amide bonds. The van der Waals surface area contributed by atoms with Crippen molar-refractivity contribution in [2.75, 3.05) is 11.5 Å². The minimum Gasteiger partial charge on any atom is -0.369 e. The van der Waals surface area contributed by atoms with Crippen molar-refractivity contribution < 1.29 is 9.51 Å². The van der Waals surface area contributed by atoms with Crippen molar-refractivity contribution in [1.82, 2.24) is 10.1 Å². The molecule has 0 saturated heterocycles. The fraction of sp³-hybridized carbons (Fsp3) is 0. The zero-order chi connectivity index (χ0) is 9.26. The highest BCUT2D eigenvalue weighted by Crippen LogP contribution is 2.24. The Morgan fingerprint density at radius 2 is 2.23 bits per heavy atom. The zero-order valence-corrected chi connectivity index (χ0v) is 6.69. The van der Waals surface area contributed by atoms with Gasteiger partial charge in [0.1, 0.15) is 17.5 Å². The Balaban J connectivity index is 2.64. The first-order valence-electron chi connectivity index (χ1n) is 3.61. The summed E-state index contributed by atoms with van der Waals surface area (Å²) >= 11 is 0. The Bertz CT molecular complexity index is 391. The highest BCUT2D eigenvalue weighted by atomic mass is 16.5. The smallest absolute Gasteiger partial charge is 0.231 e. The minimum atomic E-state index is 0.324. The fourth-order valence-electron chi connectivity index (χ4n) is 1.06. The molecule has 0 saturated carbocycles. The second-order valence-electron chi connectivity index (χ2n) is 2.46. The van der Waals surface area contributed by atoms with E-state index in [9.17, 15) is 0 Å². The summed E-state index contributed by atoms with van der Waals surface area (Å²) in [6, 6.07) is 1.66. The van der Waals surface area contributed by atoms with E-state index in [0.29, 0.717) is 22.9 Å². The molecule has 5 N–H and O–H groups in total. The predicted octanol–water partition coefficient (Wildman–Crippen LogP) is -0.285. The van der Waals surface area contributed by atoms with E-state index < -0.39 is 0 Å². The Hall–Kier alpha value is -2.11. The third kappa shape index (κ3) is 1.18. The van der Waals surface area contributed by atoms with Gasteiger partial charge in [0.05, 0.1) is 0 Å². The Morgan fingerprint density at radius 3 is 2.85 bits per heavy atom. The first-order valence-corrected chi connectivity index (χ1v) is 3.61. The van der Waals surface area contributed by atoms with Crippen LogP contribution in [0.25, 0.3) is 11.3 Å². The van der Waals surface area contributed by atoms with E-state index in [2.05, 4.69) is 19.6 Å². The third-order valence-corrected chi connectivity index (χ3v) is 1.64. The molecule has 2 rings (SSSR count). The maximum absolute atomic E-state index is 5.66. The molecule has 0 aromatic carbocycles. The van der Waals surface area contributed by atoms with Gasteiger partial charge in [-0.2, -0.15) is 0 Å². The molecular weight excluding hydrogens is 170 g/mol. The second-order valence-corrected chi connectivity index (χ2v) is 2.46. The van der Waals surface area contributed by atoms with E-state index in [0.717, 1.165) is 0 Å². The number of rotatable bonds is 1. The number of hydrogen-bond acceptors (Lipinski definition) is 5. The largest absolute Gasteiger partial charge is 0.369 e. The van der Waals surface area contributed by atoms with Crippen LogP contribution < -0.4 is 16.5 Å². The number of aromatic amines is 1. The minimum absolute atomic E-state index is 0.324. The molecule has 2 aromatic heterocycles. The molecule has 0 unspecified atom stereocenters. The summed E-state index contributed by atoms with van der Waals surface area (Å²) in [5, 5.41) is 3.71. The number of nitrogens with one attached hydrogen (secondary N) is 1. The highest BCUT2D eigenvalue weighted by molar-refractivity contribution is 5.77. The lowest BCUT2D eigenvalue weighted by molar-refractivity contribution is -0.364. The number of aromatic nitrogens is 3. The lowest BCUT2D eigenvalue weighted by Crippen LogP contribution is -2.14. The van der Waals surface area contributed by atoms with Crippen LogP contribution in [0.2, 0.25) is 0 Å². The number of nitrogen functional groups attached to an aromatic ring is 2. The van der Waals surface area contributed by atoms with Gasteiger partial charge in [-0.05, 0) is 0 Å². The van der Waals surface area contributed by atoms with Crippen molar-refractivity contribution in [3.05, 3.63) is 18.7 Å². The monoisotopic (exact) mass is 178 g/mol. The van der Waals surface area contributed by atoms with E-state index in [1.165, 1.54) is 12.6 Å². The molecule has 0 radical (unpaired) electrons. The standard InChI is InChI=1S/C7H7N5O/c8-6-5(4-1-2-13-12-4)7(9)11-3-10-6/h1-3H,(H4,8,9,10,11)/p+1. The van der Waals surface area contributed by atoms with E-state index in [1.807, 2.05) is 0 Å². The Labute approximate surface area is 73.6 Å². The third-order valence-electron chi connectivity index (χ3n) is 1.64. The van der Waals surface area contributed by atoms with Gasteiger partial charge in [0, 0.05) is 6.07 Å². The summed E-state index contributed by atoms with van der Waals surface area (Å²) in [5.74, 6) is 0.742. The number of nitrogens with zero attached hydrogens (tertiary/aromatic N) is 2. The van der Waals surface area contributed by atoms with Gasteiger partial charge in [-0.1, -0.05) is 10.1 Å². The summed E-state index contributed by atoms with van der Waals surface area (Å²) in [5.41, 5.74) is 12.4. The molecule has 13 heavy (non-hydrogen) atoms. The summed E-state index contributed by atoms with van der Waals surface area (Å²) < 4.78 is 4.68. The molecule has 0 bridgehead atoms. The first-order chi connectivity index (χ1) is 6.29. The molecule has 6 nitrogen and oxygen atoms in total. The van der Waals surface area contributed by atoms with Crippen LogP contribution in [-0.2, 0) is 0 Å². The maximum atomic E-state index is 5.66. The summed E-state index contributed by atoms with van der Waals surface area (Å²) in [6.45, 7) is 0. The second kappa shape index (κ2) is 2.74. The molecule has 66 valence electrons. The van der Waals surface area contributed by atoms with Crippen LogP contribution in [0.1, 0.15) is 0 Å². The average molecular weight is 178 g/mol. The summed E-state index contributed by atoms with van der Waals surface area (Å²) in [6.07, 6.45) is 2.87. The number of hydrogen-bond donors (Lipinski definition) is 2. The van der Waals surface area contributed by atoms with Gasteiger partial charge in [-0.3, -0.25) is 0 Å². The van der Waals surface area contributed by atoms with Crippen LogP contribution in [0.3, 0.4) is 0 Å². The van der Waals surface area contributed by atoms with Gasteiger partial charge >= 0.3 is 0 Å². The van der Waals surface area contributed by atoms with Crippen LogP contribution in [0.4, 0.5) is 11.6 Å². The van der Waals surface area contributed by atoms with Crippen LogP contribution in [0.15, 0.2) is 23.2 Å². The molecule has 0 aliphatic carbocycles. The van der Waals surface area contributed by atoms with Crippen molar-refractivity contribution >= 4 is 11.6 Å². The lowest BCUT2D eigenvalue weighted by atomic mass is 10.2. The van der Waals surface area contributed by atoms with Crippen molar-refractivity contribution in [3.8, 4) is 11.3 Å². The quantitative estimate of drug-likeness (QED) is 0.624. The van der Waals surface area contributed by atoms with Crippen LogP contribution >= 0.6 is 0 Å². The van der Waals surface area contributed by atoms with Crippen molar-refractivity contribution in [2.45, 2.75) is 0 Å². The van der Waals surface area contributed by atoms with Crippen molar-refractivity contribution in [3.63, 3.8) is 0 Å². The van der Waals surface area contributed by atoms with E-state index >= 15 is 0 Å². The number of anilines is 2. The van der Waals surface area contributed by atoms with Gasteiger partial charge in [0.25, 0.3) is 0 Å². The lowest BCUT2D eigenvalue weighted by Gasteiger charge is -1.96. The van der Waals surface area contributed by atoms with Crippen LogP contribution in [0.5, 0.6) is 0 Å². The SMILES string of the molecule is Nc1nc[nH+]c(N)c1-c1ccon1. The zero-order valence-electron chi connectivity index (χ0n) is 6.69. The van der Waals surface area contributed by atoms with E-state index in [4.69, 9.17) is 11.5 Å². The first kappa shape index (κ1) is 7.53. The van der Waals surface area contributed by atoms with Gasteiger partial charge in [0.15, 0.2) is 0 Å². The molecule has 2 aromatic rings. The highest BCUT2D eigenvalue weighted by Gasteiger charge is 2.15. The molecule has 0 spiro atoms. The van der Waals surface area contributed by atoms with Crippen molar-refractivity contribution in [2.24, 2.45) is 0 Å². The molecule has 0 atom stereocenters. The summed E-state index contributed by atoms with van der Waals surface area (Å²) in [7, 11) is 0. The van der Waals surface area contributed by atoms with Crippen LogP contribution in [0, 0.1) is 0 Å². The van der Waals surface area contributed by atoms with Crippen LogP contribution in [-0.4, -0.2) is 10.1 Å². The summed E-state index contributed by atoms with van der Waals surface area (Å²) in [4.78, 5) is 6.59. The van der Waals surface area contributed by atoms with Gasteiger partial charge in [-0.15, -0.1) is 0 Å². The normalized spacial score (nSPS) is 10.2. The topological polar surface area (TPSA) is 105 Å². The molecule has 0 aliphatic heterocycles. The molecular formula is C7H8N5O+. The number of H-pyrrole nitrogens is 1. The molecule has 0 fully saturated rings. The van der Waals surface area contributed by atoms with Gasteiger partial charge in [0.2, 0.25) is 18.0 Å². The maximum Gasteiger partial charge on any atom is 0.231 e. The Morgan fingerprint density at radius 1 is 1.38 bits per heavy atom. The molecule has 0 aliphatic rings. The van der Waals surface area contributed by atoms with E-state index in [1.54, 1.807) is 6.07 Å². The van der Waals surface area contributed by atoms with Gasteiger partial charge in [-0.25, -0.2) is 4.98 Å². The molecule has 6 heteroatoms. The Kier molecular flexibility index (Phi) is 1.59. The fourth-order valence-corrected chi connectivity index (χ4v) is 1.06. The number of nitrogens with two attached hydrogens (primary N) is 2. The van der Waals surface area contributed by atoms with Crippen molar-refractivity contribution in [1.29, 1.82) is 0 Å². The van der Waals surface area contributed by atoms with Gasteiger partial charge < -0.3 is 16.0 Å². The van der Waals surface area contributed by atoms with E-state index in [-0.39, 0.29) is 0 Å². The molecule has 2 heterocycles. The average Bonchev–Trinajstić information content (AvgIpc) is 2.57.